The van der Waals surface area contributed by atoms with Crippen LogP contribution in [0.25, 0.3) is 0 Å². The molecule has 0 saturated carbocycles. The summed E-state index contributed by atoms with van der Waals surface area (Å²) in [5, 5.41) is 11.5. The van der Waals surface area contributed by atoms with Gasteiger partial charge < -0.3 is 5.11 Å². The third-order valence-corrected chi connectivity index (χ3v) is 4.69. The second-order valence-electron chi connectivity index (χ2n) is 4.78. The van der Waals surface area contributed by atoms with E-state index in [-0.39, 0.29) is 6.42 Å². The Morgan fingerprint density at radius 1 is 1.56 bits per heavy atom. The summed E-state index contributed by atoms with van der Waals surface area (Å²) in [7, 11) is 0. The van der Waals surface area contributed by atoms with Crippen LogP contribution in [0.4, 0.5) is 0 Å². The van der Waals surface area contributed by atoms with Crippen LogP contribution in [-0.4, -0.2) is 28.6 Å². The van der Waals surface area contributed by atoms with Crippen LogP contribution in [-0.2, 0) is 11.3 Å². The van der Waals surface area contributed by atoms with E-state index in [1.807, 2.05) is 11.4 Å². The fraction of sp³-hybridized carbons (Fsp3) is 0.615. The first kappa shape index (κ1) is 13.8. The van der Waals surface area contributed by atoms with E-state index in [0.717, 1.165) is 31.0 Å². The number of carbonyl (C=O) groups is 1. The number of hydrogen-bond acceptors (Lipinski definition) is 3. The second-order valence-corrected chi connectivity index (χ2v) is 6.22. The second kappa shape index (κ2) is 6.55. The predicted octanol–water partition coefficient (Wildman–Crippen LogP) is 3.62. The number of likely N-dealkylation sites (tertiary alicyclic amines) is 1. The van der Waals surface area contributed by atoms with E-state index < -0.39 is 5.97 Å². The number of carboxylic acids is 1. The van der Waals surface area contributed by atoms with Crippen molar-refractivity contribution in [1.82, 2.24) is 4.90 Å². The summed E-state index contributed by atoms with van der Waals surface area (Å²) in [6.07, 6.45) is 4.57. The molecule has 1 aromatic rings. The van der Waals surface area contributed by atoms with Crippen molar-refractivity contribution in [3.05, 3.63) is 21.3 Å². The molecule has 0 spiro atoms. The normalized spacial score (nSPS) is 21.1. The Balaban J connectivity index is 1.92. The van der Waals surface area contributed by atoms with Gasteiger partial charge in [0, 0.05) is 29.3 Å². The molecule has 1 atom stereocenters. The van der Waals surface area contributed by atoms with Gasteiger partial charge >= 0.3 is 5.97 Å². The monoisotopic (exact) mass is 287 g/mol. The lowest BCUT2D eigenvalue weighted by Gasteiger charge is -2.35. The average molecular weight is 288 g/mol. The SMILES string of the molecule is O=C(O)CCC1CCCCN1Cc1cc(Cl)cs1. The molecule has 1 saturated heterocycles. The molecule has 100 valence electrons. The summed E-state index contributed by atoms with van der Waals surface area (Å²) in [4.78, 5) is 14.4. The predicted molar refractivity (Wildman–Crippen MR) is 74.2 cm³/mol. The van der Waals surface area contributed by atoms with E-state index in [2.05, 4.69) is 4.90 Å². The van der Waals surface area contributed by atoms with Crippen molar-refractivity contribution in [2.75, 3.05) is 6.54 Å². The number of rotatable bonds is 5. The molecule has 3 nitrogen and oxygen atoms in total. The molecule has 1 fully saturated rings. The van der Waals surface area contributed by atoms with Crippen LogP contribution in [0, 0.1) is 0 Å². The number of carboxylic acid groups (broad SMARTS) is 1. The molecular formula is C13H18ClNO2S. The van der Waals surface area contributed by atoms with Crippen LogP contribution in [0.3, 0.4) is 0 Å². The molecule has 2 heterocycles. The van der Waals surface area contributed by atoms with Crippen LogP contribution < -0.4 is 0 Å². The molecule has 2 rings (SSSR count). The fourth-order valence-electron chi connectivity index (χ4n) is 2.52. The minimum absolute atomic E-state index is 0.270. The summed E-state index contributed by atoms with van der Waals surface area (Å²) >= 11 is 7.61. The third-order valence-electron chi connectivity index (χ3n) is 3.42. The first-order valence-electron chi connectivity index (χ1n) is 6.34. The lowest BCUT2D eigenvalue weighted by molar-refractivity contribution is -0.137. The van der Waals surface area contributed by atoms with Crippen LogP contribution in [0.5, 0.6) is 0 Å². The number of piperidine rings is 1. The maximum Gasteiger partial charge on any atom is 0.303 e. The van der Waals surface area contributed by atoms with Gasteiger partial charge in [0.15, 0.2) is 0 Å². The van der Waals surface area contributed by atoms with Crippen molar-refractivity contribution in [3.8, 4) is 0 Å². The van der Waals surface area contributed by atoms with Crippen LogP contribution >= 0.6 is 22.9 Å². The highest BCUT2D eigenvalue weighted by Crippen LogP contribution is 2.26. The first-order valence-corrected chi connectivity index (χ1v) is 7.59. The van der Waals surface area contributed by atoms with Crippen LogP contribution in [0.1, 0.15) is 37.0 Å². The van der Waals surface area contributed by atoms with Crippen molar-refractivity contribution in [2.45, 2.75) is 44.7 Å². The quantitative estimate of drug-likeness (QED) is 0.899. The van der Waals surface area contributed by atoms with Crippen molar-refractivity contribution in [1.29, 1.82) is 0 Å². The molecule has 18 heavy (non-hydrogen) atoms. The molecule has 0 bridgehead atoms. The van der Waals surface area contributed by atoms with Gasteiger partial charge in [0.05, 0.1) is 5.02 Å². The molecule has 1 aliphatic rings. The van der Waals surface area contributed by atoms with E-state index in [9.17, 15) is 4.79 Å². The molecule has 1 aliphatic heterocycles. The van der Waals surface area contributed by atoms with Crippen molar-refractivity contribution >= 4 is 28.9 Å². The Morgan fingerprint density at radius 2 is 2.39 bits per heavy atom. The van der Waals surface area contributed by atoms with Crippen molar-refractivity contribution in [2.24, 2.45) is 0 Å². The largest absolute Gasteiger partial charge is 0.481 e. The van der Waals surface area contributed by atoms with Gasteiger partial charge in [-0.1, -0.05) is 18.0 Å². The Bertz CT molecular complexity index is 407. The average Bonchev–Trinajstić information content (AvgIpc) is 2.73. The van der Waals surface area contributed by atoms with E-state index in [4.69, 9.17) is 16.7 Å². The highest BCUT2D eigenvalue weighted by molar-refractivity contribution is 7.10. The smallest absolute Gasteiger partial charge is 0.303 e. The number of hydrogen-bond donors (Lipinski definition) is 1. The van der Waals surface area contributed by atoms with E-state index in [1.165, 1.54) is 17.7 Å². The van der Waals surface area contributed by atoms with E-state index in [1.54, 1.807) is 11.3 Å². The number of aliphatic carboxylic acids is 1. The van der Waals surface area contributed by atoms with Gasteiger partial charge in [0.2, 0.25) is 0 Å². The topological polar surface area (TPSA) is 40.5 Å². The summed E-state index contributed by atoms with van der Waals surface area (Å²) in [5.74, 6) is -0.695. The molecule has 1 N–H and O–H groups in total. The highest BCUT2D eigenvalue weighted by Gasteiger charge is 2.23. The maximum absolute atomic E-state index is 10.7. The number of thiophene rings is 1. The van der Waals surface area contributed by atoms with E-state index >= 15 is 0 Å². The molecule has 5 heteroatoms. The van der Waals surface area contributed by atoms with Crippen LogP contribution in [0.2, 0.25) is 5.02 Å². The van der Waals surface area contributed by atoms with Crippen LogP contribution in [0.15, 0.2) is 11.4 Å². The van der Waals surface area contributed by atoms with Gasteiger partial charge in [0.25, 0.3) is 0 Å². The van der Waals surface area contributed by atoms with Crippen molar-refractivity contribution < 1.29 is 9.90 Å². The summed E-state index contributed by atoms with van der Waals surface area (Å²) in [5.41, 5.74) is 0. The molecular weight excluding hydrogens is 270 g/mol. The molecule has 0 aliphatic carbocycles. The van der Waals surface area contributed by atoms with E-state index in [0.29, 0.717) is 6.04 Å². The molecule has 1 unspecified atom stereocenters. The third kappa shape index (κ3) is 3.97. The lowest BCUT2D eigenvalue weighted by Crippen LogP contribution is -2.39. The lowest BCUT2D eigenvalue weighted by atomic mass is 9.98. The molecule has 0 aromatic carbocycles. The number of nitrogens with zero attached hydrogens (tertiary/aromatic N) is 1. The number of halogens is 1. The van der Waals surface area contributed by atoms with Gasteiger partial charge in [-0.25, -0.2) is 0 Å². The summed E-state index contributed by atoms with van der Waals surface area (Å²) < 4.78 is 0. The zero-order valence-corrected chi connectivity index (χ0v) is 11.8. The fourth-order valence-corrected chi connectivity index (χ4v) is 3.62. The van der Waals surface area contributed by atoms with Gasteiger partial charge in [0.1, 0.15) is 0 Å². The maximum atomic E-state index is 10.7. The van der Waals surface area contributed by atoms with Gasteiger partial charge in [-0.05, 0) is 31.9 Å². The summed E-state index contributed by atoms with van der Waals surface area (Å²) in [6.45, 7) is 1.97. The van der Waals surface area contributed by atoms with Gasteiger partial charge in [-0.3, -0.25) is 9.69 Å². The minimum Gasteiger partial charge on any atom is -0.481 e. The van der Waals surface area contributed by atoms with Gasteiger partial charge in [-0.15, -0.1) is 11.3 Å². The van der Waals surface area contributed by atoms with Crippen molar-refractivity contribution in [3.63, 3.8) is 0 Å². The Kier molecular flexibility index (Phi) is 5.03. The Hall–Kier alpha value is -0.580. The minimum atomic E-state index is -0.695. The first-order chi connectivity index (χ1) is 8.65. The molecule has 1 aromatic heterocycles. The molecule has 0 amide bonds. The summed E-state index contributed by atoms with van der Waals surface area (Å²) in [6, 6.07) is 2.42. The standard InChI is InChI=1S/C13H18ClNO2S/c14-10-7-12(18-9-10)8-15-6-2-1-3-11(15)4-5-13(16)17/h7,9,11H,1-6,8H2,(H,16,17). The Morgan fingerprint density at radius 3 is 3.06 bits per heavy atom. The zero-order chi connectivity index (χ0) is 13.0. The molecule has 0 radical (unpaired) electrons. The highest BCUT2D eigenvalue weighted by atomic mass is 35.5. The zero-order valence-electron chi connectivity index (χ0n) is 10.3. The Labute approximate surface area is 116 Å². The van der Waals surface area contributed by atoms with Gasteiger partial charge in [-0.2, -0.15) is 0 Å².